The number of methoxy groups -OCH3 is 1. The molecule has 0 aliphatic carbocycles. The number of nitrogens with one attached hydrogen (secondary N) is 1. The number of fused-ring (bicyclic) bond motifs is 1. The summed E-state index contributed by atoms with van der Waals surface area (Å²) in [6.45, 7) is 7.24. The Kier molecular flexibility index (Phi) is 5.76. The molecule has 0 radical (unpaired) electrons. The van der Waals surface area contributed by atoms with Crippen LogP contribution in [0.25, 0.3) is 22.4 Å². The Balaban J connectivity index is 1.60. The predicted octanol–water partition coefficient (Wildman–Crippen LogP) is 5.05. The molecule has 5 rings (SSSR count). The number of anilines is 2. The molecule has 0 spiro atoms. The molecule has 1 aliphatic heterocycles. The van der Waals surface area contributed by atoms with E-state index in [0.717, 1.165) is 42.9 Å². The fourth-order valence-corrected chi connectivity index (χ4v) is 4.60. The Labute approximate surface area is 202 Å². The third kappa shape index (κ3) is 4.14. The van der Waals surface area contributed by atoms with Crippen LogP contribution in [0.1, 0.15) is 50.8 Å². The van der Waals surface area contributed by atoms with E-state index in [9.17, 15) is 9.59 Å². The number of rotatable bonds is 5. The third-order valence-electron chi connectivity index (χ3n) is 6.29. The van der Waals surface area contributed by atoms with Gasteiger partial charge in [-0.05, 0) is 63.9 Å². The first-order valence-electron chi connectivity index (χ1n) is 11.5. The number of pyridine rings is 1. The molecule has 4 heterocycles. The average molecular weight is 475 g/mol. The van der Waals surface area contributed by atoms with Crippen molar-refractivity contribution in [1.29, 1.82) is 0 Å². The molecule has 0 atom stereocenters. The first kappa shape index (κ1) is 22.6. The molecule has 1 aliphatic rings. The van der Waals surface area contributed by atoms with Gasteiger partial charge in [-0.15, -0.1) is 0 Å². The van der Waals surface area contributed by atoms with Crippen molar-refractivity contribution in [3.63, 3.8) is 0 Å². The molecule has 180 valence electrons. The van der Waals surface area contributed by atoms with E-state index in [0.29, 0.717) is 39.3 Å². The van der Waals surface area contributed by atoms with Crippen LogP contribution in [0, 0.1) is 20.8 Å². The number of carbonyl (C=O) groups is 2. The quantitative estimate of drug-likeness (QED) is 0.400. The highest BCUT2D eigenvalue weighted by atomic mass is 16.5. The van der Waals surface area contributed by atoms with Crippen molar-refractivity contribution in [1.82, 2.24) is 10.1 Å². The van der Waals surface area contributed by atoms with Gasteiger partial charge in [0.05, 0.1) is 46.4 Å². The molecule has 9 nitrogen and oxygen atoms in total. The minimum atomic E-state index is -0.470. The van der Waals surface area contributed by atoms with E-state index in [2.05, 4.69) is 20.4 Å². The Bertz CT molecular complexity index is 1450. The number of esters is 1. The molecule has 3 aromatic heterocycles. The molecule has 0 unspecified atom stereocenters. The summed E-state index contributed by atoms with van der Waals surface area (Å²) in [5, 5.41) is 7.59. The number of carbonyl (C=O) groups excluding carboxylic acids is 2. The van der Waals surface area contributed by atoms with Crippen LogP contribution in [0.15, 0.2) is 39.3 Å². The van der Waals surface area contributed by atoms with Crippen LogP contribution in [0.5, 0.6) is 0 Å². The number of benzene rings is 1. The molecule has 1 N–H and O–H groups in total. The van der Waals surface area contributed by atoms with Crippen molar-refractivity contribution in [2.45, 2.75) is 33.6 Å². The molecule has 35 heavy (non-hydrogen) atoms. The molecular formula is C26H26N4O5. The van der Waals surface area contributed by atoms with E-state index < -0.39 is 5.97 Å². The fourth-order valence-electron chi connectivity index (χ4n) is 4.60. The van der Waals surface area contributed by atoms with E-state index in [-0.39, 0.29) is 11.6 Å². The maximum atomic E-state index is 13.7. The maximum Gasteiger partial charge on any atom is 0.337 e. The van der Waals surface area contributed by atoms with Crippen LogP contribution < -0.4 is 10.2 Å². The summed E-state index contributed by atoms with van der Waals surface area (Å²) >= 11 is 0. The van der Waals surface area contributed by atoms with Crippen LogP contribution in [0.4, 0.5) is 11.4 Å². The maximum absolute atomic E-state index is 13.7. The highest BCUT2D eigenvalue weighted by Gasteiger charge is 2.24. The first-order chi connectivity index (χ1) is 16.9. The van der Waals surface area contributed by atoms with Crippen molar-refractivity contribution in [3.8, 4) is 11.3 Å². The van der Waals surface area contributed by atoms with E-state index in [1.807, 2.05) is 26.0 Å². The van der Waals surface area contributed by atoms with Crippen molar-refractivity contribution in [2.75, 3.05) is 30.4 Å². The van der Waals surface area contributed by atoms with Crippen molar-refractivity contribution in [2.24, 2.45) is 0 Å². The van der Waals surface area contributed by atoms with Crippen LogP contribution in [-0.2, 0) is 4.74 Å². The van der Waals surface area contributed by atoms with E-state index >= 15 is 0 Å². The lowest BCUT2D eigenvalue weighted by atomic mass is 10.0. The van der Waals surface area contributed by atoms with Crippen LogP contribution in [0.3, 0.4) is 0 Å². The van der Waals surface area contributed by atoms with E-state index in [4.69, 9.17) is 13.7 Å². The van der Waals surface area contributed by atoms with Gasteiger partial charge in [0.15, 0.2) is 0 Å². The average Bonchev–Trinajstić information content (AvgIpc) is 3.58. The van der Waals surface area contributed by atoms with Crippen molar-refractivity contribution in [3.05, 3.63) is 58.7 Å². The summed E-state index contributed by atoms with van der Waals surface area (Å²) in [5.74, 6) is 0.612. The molecule has 1 fully saturated rings. The third-order valence-corrected chi connectivity index (χ3v) is 6.29. The smallest absolute Gasteiger partial charge is 0.337 e. The summed E-state index contributed by atoms with van der Waals surface area (Å²) in [7, 11) is 1.33. The number of hydrogen-bond donors (Lipinski definition) is 1. The van der Waals surface area contributed by atoms with Crippen molar-refractivity contribution < 1.29 is 23.3 Å². The lowest BCUT2D eigenvalue weighted by molar-refractivity contribution is 0.0600. The number of hydrogen-bond acceptors (Lipinski definition) is 8. The summed E-state index contributed by atoms with van der Waals surface area (Å²) in [5.41, 5.74) is 4.29. The highest BCUT2D eigenvalue weighted by molar-refractivity contribution is 6.14. The van der Waals surface area contributed by atoms with Gasteiger partial charge in [0.1, 0.15) is 11.5 Å². The Morgan fingerprint density at radius 1 is 1.09 bits per heavy atom. The largest absolute Gasteiger partial charge is 0.466 e. The summed E-state index contributed by atoms with van der Waals surface area (Å²) in [6.07, 6.45) is 2.15. The Morgan fingerprint density at radius 3 is 2.54 bits per heavy atom. The van der Waals surface area contributed by atoms with Crippen molar-refractivity contribution >= 4 is 34.4 Å². The van der Waals surface area contributed by atoms with Gasteiger partial charge in [-0.25, -0.2) is 9.78 Å². The van der Waals surface area contributed by atoms with Gasteiger partial charge in [0, 0.05) is 18.7 Å². The summed E-state index contributed by atoms with van der Waals surface area (Å²) < 4.78 is 16.0. The number of aryl methyl sites for hydroxylation is 3. The second kappa shape index (κ2) is 8.90. The zero-order valence-corrected chi connectivity index (χ0v) is 20.1. The van der Waals surface area contributed by atoms with Gasteiger partial charge in [-0.2, -0.15) is 0 Å². The van der Waals surface area contributed by atoms with Gasteiger partial charge < -0.3 is 23.9 Å². The minimum absolute atomic E-state index is 0.270. The van der Waals surface area contributed by atoms with Gasteiger partial charge in [-0.1, -0.05) is 5.16 Å². The predicted molar refractivity (Wildman–Crippen MR) is 131 cm³/mol. The fraction of sp³-hybridized carbons (Fsp3) is 0.308. The van der Waals surface area contributed by atoms with Crippen LogP contribution in [0.2, 0.25) is 0 Å². The number of aromatic nitrogens is 2. The second-order valence-electron chi connectivity index (χ2n) is 8.70. The number of nitrogens with zero attached hydrogens (tertiary/aromatic N) is 3. The molecular weight excluding hydrogens is 448 g/mol. The Morgan fingerprint density at radius 2 is 1.86 bits per heavy atom. The van der Waals surface area contributed by atoms with E-state index in [1.54, 1.807) is 25.1 Å². The molecule has 4 aromatic rings. The minimum Gasteiger partial charge on any atom is -0.466 e. The van der Waals surface area contributed by atoms with Crippen LogP contribution >= 0.6 is 0 Å². The highest BCUT2D eigenvalue weighted by Crippen LogP contribution is 2.33. The lowest BCUT2D eigenvalue weighted by Crippen LogP contribution is -2.22. The van der Waals surface area contributed by atoms with Gasteiger partial charge in [0.25, 0.3) is 11.6 Å². The summed E-state index contributed by atoms with van der Waals surface area (Å²) in [4.78, 5) is 32.7. The number of furan rings is 1. The molecule has 0 saturated carbocycles. The number of ether oxygens (including phenoxy) is 1. The van der Waals surface area contributed by atoms with Crippen LogP contribution in [-0.4, -0.2) is 42.2 Å². The molecule has 1 saturated heterocycles. The lowest BCUT2D eigenvalue weighted by Gasteiger charge is -2.22. The van der Waals surface area contributed by atoms with Gasteiger partial charge in [0.2, 0.25) is 0 Å². The molecule has 0 bridgehead atoms. The number of amides is 1. The standard InChI is InChI=1S/C26H26N4O5/c1-14-11-18(16(3)34-14)20-13-19(23-15(2)29-35-25(23)28-20)24(31)27-21-12-17(26(32)33-4)7-8-22(21)30-9-5-6-10-30/h7-8,11-13H,5-6,9-10H2,1-4H3,(H,27,31). The van der Waals surface area contributed by atoms with Gasteiger partial charge >= 0.3 is 5.97 Å². The molecule has 1 amide bonds. The molecule has 9 heteroatoms. The first-order valence-corrected chi connectivity index (χ1v) is 11.5. The second-order valence-corrected chi connectivity index (χ2v) is 8.70. The Hall–Kier alpha value is -4.14. The summed E-state index contributed by atoms with van der Waals surface area (Å²) in [6, 6.07) is 8.81. The topological polar surface area (TPSA) is 111 Å². The normalized spacial score (nSPS) is 13.4. The van der Waals surface area contributed by atoms with E-state index in [1.165, 1.54) is 7.11 Å². The zero-order valence-electron chi connectivity index (χ0n) is 20.1. The zero-order chi connectivity index (χ0) is 24.7. The monoisotopic (exact) mass is 474 g/mol. The van der Waals surface area contributed by atoms with Gasteiger partial charge in [-0.3, -0.25) is 4.79 Å². The SMILES string of the molecule is COC(=O)c1ccc(N2CCCC2)c(NC(=O)c2cc(-c3cc(C)oc3C)nc3onc(C)c23)c1. The molecule has 1 aromatic carbocycles.